The van der Waals surface area contributed by atoms with Crippen molar-refractivity contribution in [3.8, 4) is 0 Å². The minimum Gasteiger partial charge on any atom is -0.389 e. The van der Waals surface area contributed by atoms with Gasteiger partial charge in [-0.2, -0.15) is 0 Å². The van der Waals surface area contributed by atoms with Gasteiger partial charge >= 0.3 is 0 Å². The minimum absolute atomic E-state index is 0.159. The standard InChI is InChI=1S/C15H22FNO3S/c16-15-4-2-1-3-12(15)10-20-11-14(18)9-17-13-5-7-21(19)8-6-13/h1-4,13-14,17-18H,5-11H2. The quantitative estimate of drug-likeness (QED) is 0.794. The highest BCUT2D eigenvalue weighted by atomic mass is 32.2. The largest absolute Gasteiger partial charge is 0.389 e. The number of aliphatic hydroxyl groups excluding tert-OH is 1. The van der Waals surface area contributed by atoms with Gasteiger partial charge in [-0.15, -0.1) is 0 Å². The zero-order chi connectivity index (χ0) is 15.1. The first kappa shape index (κ1) is 16.5. The molecule has 0 aliphatic carbocycles. The van der Waals surface area contributed by atoms with Crippen LogP contribution >= 0.6 is 0 Å². The third-order valence-corrected chi connectivity index (χ3v) is 4.94. The number of nitrogens with one attached hydrogen (secondary N) is 1. The number of hydrogen-bond acceptors (Lipinski definition) is 4. The topological polar surface area (TPSA) is 58.6 Å². The van der Waals surface area contributed by atoms with Gasteiger partial charge in [-0.05, 0) is 18.9 Å². The van der Waals surface area contributed by atoms with Crippen LogP contribution in [0.25, 0.3) is 0 Å². The molecule has 6 heteroatoms. The lowest BCUT2D eigenvalue weighted by molar-refractivity contribution is 0.0265. The Morgan fingerprint density at radius 3 is 2.81 bits per heavy atom. The average Bonchev–Trinajstić information content (AvgIpc) is 2.49. The van der Waals surface area contributed by atoms with Crippen LogP contribution < -0.4 is 5.32 Å². The van der Waals surface area contributed by atoms with E-state index in [0.29, 0.717) is 18.2 Å². The van der Waals surface area contributed by atoms with E-state index in [2.05, 4.69) is 5.32 Å². The fourth-order valence-corrected chi connectivity index (χ4v) is 3.58. The molecule has 1 atom stereocenters. The van der Waals surface area contributed by atoms with E-state index in [9.17, 15) is 13.7 Å². The Morgan fingerprint density at radius 2 is 2.10 bits per heavy atom. The maximum Gasteiger partial charge on any atom is 0.128 e. The molecular formula is C15H22FNO3S. The predicted octanol–water partition coefficient (Wildman–Crippen LogP) is 1.20. The summed E-state index contributed by atoms with van der Waals surface area (Å²) in [6.45, 7) is 0.765. The number of halogens is 1. The summed E-state index contributed by atoms with van der Waals surface area (Å²) in [5.41, 5.74) is 0.493. The van der Waals surface area contributed by atoms with Crippen molar-refractivity contribution in [2.75, 3.05) is 24.7 Å². The van der Waals surface area contributed by atoms with Crippen LogP contribution in [-0.2, 0) is 22.1 Å². The van der Waals surface area contributed by atoms with E-state index in [1.54, 1.807) is 18.2 Å². The van der Waals surface area contributed by atoms with Crippen LogP contribution in [0.1, 0.15) is 18.4 Å². The molecule has 1 aliphatic heterocycles. The number of benzene rings is 1. The van der Waals surface area contributed by atoms with Gasteiger partial charge in [-0.3, -0.25) is 4.21 Å². The van der Waals surface area contributed by atoms with Crippen LogP contribution in [0.15, 0.2) is 24.3 Å². The smallest absolute Gasteiger partial charge is 0.128 e. The summed E-state index contributed by atoms with van der Waals surface area (Å²) in [6.07, 6.45) is 1.15. The van der Waals surface area contributed by atoms with Crippen molar-refractivity contribution in [3.63, 3.8) is 0 Å². The molecule has 1 fully saturated rings. The van der Waals surface area contributed by atoms with Crippen molar-refractivity contribution in [1.82, 2.24) is 5.32 Å². The Hall–Kier alpha value is -0.820. The first-order valence-electron chi connectivity index (χ1n) is 7.22. The maximum absolute atomic E-state index is 13.4. The second-order valence-corrected chi connectivity index (χ2v) is 6.99. The molecular weight excluding hydrogens is 293 g/mol. The summed E-state index contributed by atoms with van der Waals surface area (Å²) in [7, 11) is -0.666. The van der Waals surface area contributed by atoms with Crippen molar-refractivity contribution in [2.24, 2.45) is 0 Å². The van der Waals surface area contributed by atoms with Crippen LogP contribution in [0.4, 0.5) is 4.39 Å². The highest BCUT2D eigenvalue weighted by Gasteiger charge is 2.18. The van der Waals surface area contributed by atoms with Crippen LogP contribution in [0, 0.1) is 5.82 Å². The second-order valence-electron chi connectivity index (χ2n) is 5.29. The Bertz CT molecular complexity index is 462. The van der Waals surface area contributed by atoms with E-state index in [1.165, 1.54) is 6.07 Å². The molecule has 0 saturated carbocycles. The molecule has 118 valence electrons. The normalized spacial score (nSPS) is 23.9. The van der Waals surface area contributed by atoms with Crippen LogP contribution in [0.2, 0.25) is 0 Å². The number of rotatable bonds is 7. The van der Waals surface area contributed by atoms with Crippen molar-refractivity contribution >= 4 is 10.8 Å². The van der Waals surface area contributed by atoms with E-state index >= 15 is 0 Å². The third-order valence-electron chi connectivity index (χ3n) is 3.56. The molecule has 0 aromatic heterocycles. The van der Waals surface area contributed by atoms with Gasteiger partial charge in [-0.1, -0.05) is 18.2 Å². The van der Waals surface area contributed by atoms with Crippen LogP contribution in [0.5, 0.6) is 0 Å². The summed E-state index contributed by atoms with van der Waals surface area (Å²) in [4.78, 5) is 0. The van der Waals surface area contributed by atoms with Crippen molar-refractivity contribution in [1.29, 1.82) is 0 Å². The predicted molar refractivity (Wildman–Crippen MR) is 81.0 cm³/mol. The molecule has 21 heavy (non-hydrogen) atoms. The molecule has 1 saturated heterocycles. The monoisotopic (exact) mass is 315 g/mol. The van der Waals surface area contributed by atoms with E-state index in [4.69, 9.17) is 4.74 Å². The van der Waals surface area contributed by atoms with Crippen molar-refractivity contribution < 1.29 is 18.4 Å². The van der Waals surface area contributed by atoms with Gasteiger partial charge in [0, 0.05) is 40.5 Å². The van der Waals surface area contributed by atoms with E-state index in [-0.39, 0.29) is 19.0 Å². The highest BCUT2D eigenvalue weighted by molar-refractivity contribution is 7.85. The molecule has 0 amide bonds. The molecule has 1 aliphatic rings. The van der Waals surface area contributed by atoms with E-state index in [1.807, 2.05) is 0 Å². The highest BCUT2D eigenvalue weighted by Crippen LogP contribution is 2.10. The molecule has 1 heterocycles. The Balaban J connectivity index is 1.60. The van der Waals surface area contributed by atoms with E-state index < -0.39 is 16.9 Å². The van der Waals surface area contributed by atoms with Gasteiger partial charge in [-0.25, -0.2) is 4.39 Å². The summed E-state index contributed by atoms with van der Waals surface area (Å²) < 4.78 is 29.9. The lowest BCUT2D eigenvalue weighted by atomic mass is 10.1. The third kappa shape index (κ3) is 5.82. The molecule has 0 radical (unpaired) electrons. The SMILES string of the molecule is O=S1CCC(NCC(O)COCc2ccccc2F)CC1. The first-order valence-corrected chi connectivity index (χ1v) is 8.71. The molecule has 1 aromatic rings. The van der Waals surface area contributed by atoms with Crippen LogP contribution in [-0.4, -0.2) is 46.1 Å². The number of hydrogen-bond donors (Lipinski definition) is 2. The summed E-state index contributed by atoms with van der Waals surface area (Å²) >= 11 is 0. The molecule has 2 rings (SSSR count). The summed E-state index contributed by atoms with van der Waals surface area (Å²) in [5, 5.41) is 13.1. The summed E-state index contributed by atoms with van der Waals surface area (Å²) in [6, 6.07) is 6.77. The lowest BCUT2D eigenvalue weighted by Gasteiger charge is -2.24. The second kappa shape index (κ2) is 8.58. The fourth-order valence-electron chi connectivity index (χ4n) is 2.28. The first-order chi connectivity index (χ1) is 10.1. The molecule has 0 bridgehead atoms. The van der Waals surface area contributed by atoms with Gasteiger partial charge < -0.3 is 15.2 Å². The Labute approximate surface area is 127 Å². The van der Waals surface area contributed by atoms with Crippen LogP contribution in [0.3, 0.4) is 0 Å². The van der Waals surface area contributed by atoms with Gasteiger partial charge in [0.25, 0.3) is 0 Å². The molecule has 4 nitrogen and oxygen atoms in total. The maximum atomic E-state index is 13.4. The zero-order valence-electron chi connectivity index (χ0n) is 12.0. The number of aliphatic hydroxyl groups is 1. The number of ether oxygens (including phenoxy) is 1. The lowest BCUT2D eigenvalue weighted by Crippen LogP contribution is -2.41. The van der Waals surface area contributed by atoms with Gasteiger partial charge in [0.15, 0.2) is 0 Å². The fraction of sp³-hybridized carbons (Fsp3) is 0.600. The van der Waals surface area contributed by atoms with Gasteiger partial charge in [0.05, 0.1) is 19.3 Å². The Morgan fingerprint density at radius 1 is 1.38 bits per heavy atom. The average molecular weight is 315 g/mol. The zero-order valence-corrected chi connectivity index (χ0v) is 12.8. The molecule has 0 spiro atoms. The Kier molecular flexibility index (Phi) is 6.76. The summed E-state index contributed by atoms with van der Waals surface area (Å²) in [5.74, 6) is 1.18. The van der Waals surface area contributed by atoms with Crippen molar-refractivity contribution in [2.45, 2.75) is 31.6 Å². The van der Waals surface area contributed by atoms with Gasteiger partial charge in [0.2, 0.25) is 0 Å². The van der Waals surface area contributed by atoms with Crippen molar-refractivity contribution in [3.05, 3.63) is 35.6 Å². The van der Waals surface area contributed by atoms with Gasteiger partial charge in [0.1, 0.15) is 5.82 Å². The molecule has 2 N–H and O–H groups in total. The minimum atomic E-state index is -0.666. The molecule has 1 aromatic carbocycles. The molecule has 1 unspecified atom stereocenters. The van der Waals surface area contributed by atoms with E-state index in [0.717, 1.165) is 24.3 Å².